The Balaban J connectivity index is 2.82. The highest BCUT2D eigenvalue weighted by Crippen LogP contribution is 1.83. The fraction of sp³-hybridized carbons (Fsp3) is 0.900. The lowest BCUT2D eigenvalue weighted by atomic mass is 10.3. The molecule has 2 N–H and O–H groups in total. The van der Waals surface area contributed by atoms with Crippen LogP contribution in [0.3, 0.4) is 0 Å². The third-order valence-electron chi connectivity index (χ3n) is 1.69. The van der Waals surface area contributed by atoms with Gasteiger partial charge in [0.1, 0.15) is 0 Å². The molecule has 0 rings (SSSR count). The van der Waals surface area contributed by atoms with E-state index in [4.69, 9.17) is 0 Å². The van der Waals surface area contributed by atoms with Gasteiger partial charge in [-0.25, -0.2) is 0 Å². The summed E-state index contributed by atoms with van der Waals surface area (Å²) in [6, 6.07) is 0.616. The molecular formula is C10H23N2. The molecule has 1 radical (unpaired) electrons. The van der Waals surface area contributed by atoms with Gasteiger partial charge >= 0.3 is 0 Å². The third-order valence-corrected chi connectivity index (χ3v) is 1.69. The zero-order valence-corrected chi connectivity index (χ0v) is 8.53. The van der Waals surface area contributed by atoms with Gasteiger partial charge in [-0.1, -0.05) is 27.2 Å². The topological polar surface area (TPSA) is 24.1 Å². The lowest BCUT2D eigenvalue weighted by Gasteiger charge is -2.07. The molecule has 2 nitrogen and oxygen atoms in total. The lowest BCUT2D eigenvalue weighted by Crippen LogP contribution is -2.27. The minimum absolute atomic E-state index is 0.616. The Labute approximate surface area is 77.1 Å². The molecule has 12 heavy (non-hydrogen) atoms. The standard InChI is InChI=1S/C10H23N2/c1-4-5-7-11-8-6-9-12-10(2)3/h10-12H,1,4-9H2,2-3H3. The summed E-state index contributed by atoms with van der Waals surface area (Å²) in [5.41, 5.74) is 0. The second kappa shape index (κ2) is 9.01. The van der Waals surface area contributed by atoms with Crippen LogP contribution < -0.4 is 10.6 Å². The van der Waals surface area contributed by atoms with Crippen molar-refractivity contribution in [3.63, 3.8) is 0 Å². The molecule has 0 bridgehead atoms. The van der Waals surface area contributed by atoms with Crippen LogP contribution in [0.25, 0.3) is 0 Å². The average Bonchev–Trinajstić information content (AvgIpc) is 2.02. The Morgan fingerprint density at radius 1 is 1.08 bits per heavy atom. The van der Waals surface area contributed by atoms with Crippen LogP contribution in [0.2, 0.25) is 0 Å². The van der Waals surface area contributed by atoms with Gasteiger partial charge in [0.25, 0.3) is 0 Å². The first-order valence-electron chi connectivity index (χ1n) is 5.00. The Morgan fingerprint density at radius 3 is 2.33 bits per heavy atom. The van der Waals surface area contributed by atoms with Gasteiger partial charge in [-0.2, -0.15) is 0 Å². The zero-order valence-electron chi connectivity index (χ0n) is 8.53. The molecule has 0 aromatic carbocycles. The molecule has 0 aliphatic heterocycles. The Hall–Kier alpha value is -0.0800. The van der Waals surface area contributed by atoms with E-state index in [2.05, 4.69) is 31.4 Å². The fourth-order valence-corrected chi connectivity index (χ4v) is 0.979. The molecule has 0 atom stereocenters. The third kappa shape index (κ3) is 9.92. The van der Waals surface area contributed by atoms with Gasteiger partial charge in [0.15, 0.2) is 0 Å². The van der Waals surface area contributed by atoms with Gasteiger partial charge in [-0.15, -0.1) is 0 Å². The van der Waals surface area contributed by atoms with E-state index in [9.17, 15) is 0 Å². The number of nitrogens with one attached hydrogen (secondary N) is 2. The van der Waals surface area contributed by atoms with Crippen LogP contribution in [0.4, 0.5) is 0 Å². The maximum Gasteiger partial charge on any atom is 0.00103 e. The van der Waals surface area contributed by atoms with Gasteiger partial charge in [0.05, 0.1) is 0 Å². The van der Waals surface area contributed by atoms with Crippen molar-refractivity contribution in [2.75, 3.05) is 19.6 Å². The second-order valence-corrected chi connectivity index (χ2v) is 3.42. The van der Waals surface area contributed by atoms with Crippen molar-refractivity contribution >= 4 is 0 Å². The molecule has 0 aliphatic carbocycles. The molecule has 73 valence electrons. The molecule has 0 aliphatic rings. The molecule has 0 fully saturated rings. The second-order valence-electron chi connectivity index (χ2n) is 3.42. The monoisotopic (exact) mass is 171 g/mol. The van der Waals surface area contributed by atoms with E-state index in [0.29, 0.717) is 6.04 Å². The molecule has 0 spiro atoms. The predicted molar refractivity (Wildman–Crippen MR) is 55.2 cm³/mol. The van der Waals surface area contributed by atoms with E-state index in [-0.39, 0.29) is 0 Å². The fourth-order valence-electron chi connectivity index (χ4n) is 0.979. The molecule has 0 saturated carbocycles. The van der Waals surface area contributed by atoms with Crippen LogP contribution in [0, 0.1) is 6.92 Å². The predicted octanol–water partition coefficient (Wildman–Crippen LogP) is 1.58. The van der Waals surface area contributed by atoms with E-state index >= 15 is 0 Å². The normalized spacial score (nSPS) is 11.0. The highest BCUT2D eigenvalue weighted by molar-refractivity contribution is 4.55. The SMILES string of the molecule is [CH2]CCCNCCCNC(C)C. The first-order chi connectivity index (χ1) is 5.77. The molecule has 0 heterocycles. The van der Waals surface area contributed by atoms with E-state index in [0.717, 1.165) is 26.1 Å². The lowest BCUT2D eigenvalue weighted by molar-refractivity contribution is 0.544. The van der Waals surface area contributed by atoms with E-state index in [1.54, 1.807) is 0 Å². The van der Waals surface area contributed by atoms with Crippen molar-refractivity contribution < 1.29 is 0 Å². The van der Waals surface area contributed by atoms with Crippen LogP contribution in [-0.4, -0.2) is 25.7 Å². The van der Waals surface area contributed by atoms with E-state index < -0.39 is 0 Å². The smallest absolute Gasteiger partial charge is 0.00103 e. The minimum Gasteiger partial charge on any atom is -0.317 e. The summed E-state index contributed by atoms with van der Waals surface area (Å²) in [4.78, 5) is 0. The number of hydrogen-bond acceptors (Lipinski definition) is 2. The molecule has 0 amide bonds. The van der Waals surface area contributed by atoms with Crippen molar-refractivity contribution in [3.05, 3.63) is 6.92 Å². The summed E-state index contributed by atoms with van der Waals surface area (Å²) in [6.45, 7) is 11.5. The number of hydrogen-bond donors (Lipinski definition) is 2. The molecular weight excluding hydrogens is 148 g/mol. The van der Waals surface area contributed by atoms with Crippen LogP contribution in [0.15, 0.2) is 0 Å². The maximum atomic E-state index is 3.79. The summed E-state index contributed by atoms with van der Waals surface area (Å²) in [6.07, 6.45) is 3.45. The number of rotatable bonds is 8. The molecule has 0 aromatic heterocycles. The number of unbranched alkanes of at least 4 members (excludes halogenated alkanes) is 1. The zero-order chi connectivity index (χ0) is 9.23. The van der Waals surface area contributed by atoms with Gasteiger partial charge in [-0.3, -0.25) is 0 Å². The molecule has 0 unspecified atom stereocenters. The Morgan fingerprint density at radius 2 is 1.75 bits per heavy atom. The molecule has 0 aromatic rings. The van der Waals surface area contributed by atoms with Crippen LogP contribution >= 0.6 is 0 Å². The summed E-state index contributed by atoms with van der Waals surface area (Å²) in [5.74, 6) is 0. The van der Waals surface area contributed by atoms with Crippen LogP contribution in [-0.2, 0) is 0 Å². The van der Waals surface area contributed by atoms with Crippen LogP contribution in [0.5, 0.6) is 0 Å². The minimum atomic E-state index is 0.616. The van der Waals surface area contributed by atoms with Gasteiger partial charge in [0, 0.05) is 6.04 Å². The van der Waals surface area contributed by atoms with Crippen molar-refractivity contribution in [1.82, 2.24) is 10.6 Å². The quantitative estimate of drug-likeness (QED) is 0.542. The Kier molecular flexibility index (Phi) is 8.95. The highest BCUT2D eigenvalue weighted by Gasteiger charge is 1.90. The molecule has 2 heteroatoms. The summed E-state index contributed by atoms with van der Waals surface area (Å²) in [7, 11) is 0. The van der Waals surface area contributed by atoms with Crippen LogP contribution in [0.1, 0.15) is 33.1 Å². The first kappa shape index (κ1) is 11.9. The average molecular weight is 171 g/mol. The van der Waals surface area contributed by atoms with Crippen molar-refractivity contribution in [1.29, 1.82) is 0 Å². The van der Waals surface area contributed by atoms with Crippen molar-refractivity contribution in [2.24, 2.45) is 0 Å². The Bertz CT molecular complexity index is 81.9. The highest BCUT2D eigenvalue weighted by atomic mass is 14.9. The maximum absolute atomic E-state index is 3.79. The van der Waals surface area contributed by atoms with Crippen molar-refractivity contribution in [2.45, 2.75) is 39.2 Å². The van der Waals surface area contributed by atoms with Crippen molar-refractivity contribution in [3.8, 4) is 0 Å². The summed E-state index contributed by atoms with van der Waals surface area (Å²) < 4.78 is 0. The molecule has 0 saturated heterocycles. The van der Waals surface area contributed by atoms with Gasteiger partial charge < -0.3 is 10.6 Å². The van der Waals surface area contributed by atoms with Gasteiger partial charge in [0.2, 0.25) is 0 Å². The van der Waals surface area contributed by atoms with E-state index in [1.807, 2.05) is 0 Å². The van der Waals surface area contributed by atoms with Gasteiger partial charge in [-0.05, 0) is 32.5 Å². The summed E-state index contributed by atoms with van der Waals surface area (Å²) >= 11 is 0. The summed E-state index contributed by atoms with van der Waals surface area (Å²) in [5, 5.41) is 6.76. The first-order valence-corrected chi connectivity index (χ1v) is 5.00. The largest absolute Gasteiger partial charge is 0.317 e. The van der Waals surface area contributed by atoms with E-state index in [1.165, 1.54) is 12.8 Å².